The van der Waals surface area contributed by atoms with Crippen LogP contribution in [0.15, 0.2) is 28.7 Å². The minimum atomic E-state index is -0.978. The molecule has 1 amide bonds. The summed E-state index contributed by atoms with van der Waals surface area (Å²) in [6, 6.07) is 6.63. The molecule has 1 aromatic carbocycles. The molecule has 1 heterocycles. The van der Waals surface area contributed by atoms with Gasteiger partial charge in [0.25, 0.3) is 0 Å². The average molecular weight is 342 g/mol. The Morgan fingerprint density at radius 2 is 2.05 bits per heavy atom. The maximum Gasteiger partial charge on any atom is 0.326 e. The van der Waals surface area contributed by atoms with Crippen LogP contribution in [0.5, 0.6) is 0 Å². The van der Waals surface area contributed by atoms with Crippen LogP contribution in [-0.4, -0.2) is 47.7 Å². The van der Waals surface area contributed by atoms with Gasteiger partial charge in [-0.1, -0.05) is 28.1 Å². The van der Waals surface area contributed by atoms with E-state index < -0.39 is 12.0 Å². The largest absolute Gasteiger partial charge is 0.480 e. The average Bonchev–Trinajstić information content (AvgIpc) is 2.86. The number of likely N-dealkylation sites (tertiary alicyclic amines) is 1. The lowest BCUT2D eigenvalue weighted by Gasteiger charge is -2.21. The van der Waals surface area contributed by atoms with Crippen molar-refractivity contribution in [2.24, 2.45) is 0 Å². The zero-order valence-corrected chi connectivity index (χ0v) is 12.7. The number of methoxy groups -OCH3 is 1. The summed E-state index contributed by atoms with van der Waals surface area (Å²) < 4.78 is 6.12. The van der Waals surface area contributed by atoms with E-state index >= 15 is 0 Å². The Morgan fingerprint density at radius 3 is 2.60 bits per heavy atom. The number of hydrogen-bond acceptors (Lipinski definition) is 3. The maximum absolute atomic E-state index is 12.3. The summed E-state index contributed by atoms with van der Waals surface area (Å²) in [4.78, 5) is 24.9. The number of carbonyl (C=O) groups excluding carboxylic acids is 1. The van der Waals surface area contributed by atoms with Crippen molar-refractivity contribution in [2.45, 2.75) is 25.0 Å². The molecule has 0 aromatic heterocycles. The molecule has 1 fully saturated rings. The Hall–Kier alpha value is -1.40. The molecule has 1 aliphatic heterocycles. The zero-order valence-electron chi connectivity index (χ0n) is 11.1. The minimum absolute atomic E-state index is 0.181. The van der Waals surface area contributed by atoms with Crippen molar-refractivity contribution in [1.29, 1.82) is 0 Å². The number of amides is 1. The fourth-order valence-corrected chi connectivity index (χ4v) is 2.62. The number of benzene rings is 1. The quantitative estimate of drug-likeness (QED) is 0.904. The van der Waals surface area contributed by atoms with Gasteiger partial charge in [-0.15, -0.1) is 0 Å². The molecule has 108 valence electrons. The lowest BCUT2D eigenvalue weighted by molar-refractivity contribution is -0.148. The molecule has 20 heavy (non-hydrogen) atoms. The van der Waals surface area contributed by atoms with Gasteiger partial charge in [-0.25, -0.2) is 4.79 Å². The fraction of sp³-hybridized carbons (Fsp3) is 0.429. The third-order valence-electron chi connectivity index (χ3n) is 3.47. The third kappa shape index (κ3) is 3.37. The summed E-state index contributed by atoms with van der Waals surface area (Å²) in [5.74, 6) is -1.16. The molecule has 2 rings (SSSR count). The zero-order chi connectivity index (χ0) is 14.7. The van der Waals surface area contributed by atoms with E-state index in [4.69, 9.17) is 4.74 Å². The number of halogens is 1. The molecule has 6 heteroatoms. The van der Waals surface area contributed by atoms with Crippen LogP contribution in [0.3, 0.4) is 0 Å². The second-order valence-electron chi connectivity index (χ2n) is 4.80. The van der Waals surface area contributed by atoms with Crippen LogP contribution < -0.4 is 0 Å². The highest BCUT2D eigenvalue weighted by molar-refractivity contribution is 9.10. The van der Waals surface area contributed by atoms with E-state index in [1.54, 1.807) is 0 Å². The topological polar surface area (TPSA) is 66.8 Å². The summed E-state index contributed by atoms with van der Waals surface area (Å²) in [5, 5.41) is 9.19. The molecule has 0 bridgehead atoms. The van der Waals surface area contributed by atoms with Crippen LogP contribution in [-0.2, 0) is 20.7 Å². The van der Waals surface area contributed by atoms with Gasteiger partial charge in [0.2, 0.25) is 5.91 Å². The summed E-state index contributed by atoms with van der Waals surface area (Å²) >= 11 is 3.33. The Balaban J connectivity index is 2.07. The molecule has 0 saturated carbocycles. The van der Waals surface area contributed by atoms with E-state index in [0.29, 0.717) is 13.0 Å². The van der Waals surface area contributed by atoms with Gasteiger partial charge in [0.1, 0.15) is 6.04 Å². The predicted molar refractivity (Wildman–Crippen MR) is 76.4 cm³/mol. The number of rotatable bonds is 4. The molecule has 1 aliphatic rings. The van der Waals surface area contributed by atoms with Crippen molar-refractivity contribution in [2.75, 3.05) is 13.7 Å². The highest BCUT2D eigenvalue weighted by Gasteiger charge is 2.39. The number of ether oxygens (including phenoxy) is 1. The molecule has 0 radical (unpaired) electrons. The van der Waals surface area contributed by atoms with E-state index in [2.05, 4.69) is 15.9 Å². The predicted octanol–water partition coefficient (Wildman–Crippen LogP) is 1.69. The second-order valence-corrected chi connectivity index (χ2v) is 5.71. The van der Waals surface area contributed by atoms with Gasteiger partial charge in [0, 0.05) is 24.5 Å². The first-order valence-corrected chi connectivity index (χ1v) is 7.10. The van der Waals surface area contributed by atoms with Gasteiger partial charge in [0.05, 0.1) is 12.5 Å². The number of carboxylic acids is 1. The van der Waals surface area contributed by atoms with Gasteiger partial charge < -0.3 is 14.7 Å². The molecule has 0 spiro atoms. The molecule has 1 aromatic rings. The van der Waals surface area contributed by atoms with E-state index in [-0.39, 0.29) is 18.4 Å². The van der Waals surface area contributed by atoms with Crippen molar-refractivity contribution in [3.8, 4) is 0 Å². The van der Waals surface area contributed by atoms with Crippen LogP contribution in [0.1, 0.15) is 12.0 Å². The summed E-state index contributed by atoms with van der Waals surface area (Å²) in [6.45, 7) is 0.336. The number of aliphatic carboxylic acids is 1. The third-order valence-corrected chi connectivity index (χ3v) is 4.00. The molecular formula is C14H16BrNO4. The van der Waals surface area contributed by atoms with E-state index in [9.17, 15) is 14.7 Å². The highest BCUT2D eigenvalue weighted by Crippen LogP contribution is 2.22. The molecule has 1 N–H and O–H groups in total. The van der Waals surface area contributed by atoms with Crippen LogP contribution in [0, 0.1) is 0 Å². The minimum Gasteiger partial charge on any atom is -0.480 e. The number of hydrogen-bond donors (Lipinski definition) is 1. The highest BCUT2D eigenvalue weighted by atomic mass is 79.9. The molecule has 0 aliphatic carbocycles. The monoisotopic (exact) mass is 341 g/mol. The first kappa shape index (κ1) is 15.0. The maximum atomic E-state index is 12.3. The van der Waals surface area contributed by atoms with Gasteiger partial charge >= 0.3 is 5.97 Å². The van der Waals surface area contributed by atoms with E-state index in [1.807, 2.05) is 24.3 Å². The smallest absolute Gasteiger partial charge is 0.326 e. The Kier molecular flexibility index (Phi) is 4.77. The van der Waals surface area contributed by atoms with E-state index in [1.165, 1.54) is 12.0 Å². The molecule has 1 saturated heterocycles. The van der Waals surface area contributed by atoms with Crippen molar-refractivity contribution in [1.82, 2.24) is 4.90 Å². The fourth-order valence-electron chi connectivity index (χ4n) is 2.36. The van der Waals surface area contributed by atoms with Crippen LogP contribution >= 0.6 is 15.9 Å². The van der Waals surface area contributed by atoms with Crippen molar-refractivity contribution in [3.05, 3.63) is 34.3 Å². The molecule has 2 unspecified atom stereocenters. The normalized spacial score (nSPS) is 22.0. The van der Waals surface area contributed by atoms with Crippen LogP contribution in [0.2, 0.25) is 0 Å². The molecule has 5 nitrogen and oxygen atoms in total. The van der Waals surface area contributed by atoms with Gasteiger partial charge in [-0.05, 0) is 17.7 Å². The van der Waals surface area contributed by atoms with Gasteiger partial charge in [-0.2, -0.15) is 0 Å². The summed E-state index contributed by atoms with van der Waals surface area (Å²) in [6.07, 6.45) is 0.343. The van der Waals surface area contributed by atoms with Gasteiger partial charge in [0.15, 0.2) is 0 Å². The van der Waals surface area contributed by atoms with Crippen molar-refractivity contribution in [3.63, 3.8) is 0 Å². The SMILES string of the molecule is COC1CC(C(=O)O)N(C(=O)Cc2ccc(Br)cc2)C1. The lowest BCUT2D eigenvalue weighted by Crippen LogP contribution is -2.41. The number of carbonyl (C=O) groups is 2. The van der Waals surface area contributed by atoms with Crippen molar-refractivity contribution >= 4 is 27.8 Å². The standard InChI is InChI=1S/C14H16BrNO4/c1-20-11-7-12(14(18)19)16(8-11)13(17)6-9-2-4-10(15)5-3-9/h2-5,11-12H,6-8H2,1H3,(H,18,19). The molecular weight excluding hydrogens is 326 g/mol. The number of nitrogens with zero attached hydrogens (tertiary/aromatic N) is 1. The first-order valence-electron chi connectivity index (χ1n) is 6.30. The van der Waals surface area contributed by atoms with Gasteiger partial charge in [-0.3, -0.25) is 4.79 Å². The van der Waals surface area contributed by atoms with E-state index in [0.717, 1.165) is 10.0 Å². The Labute approximate surface area is 125 Å². The second kappa shape index (κ2) is 6.37. The summed E-state index contributed by atoms with van der Waals surface area (Å²) in [7, 11) is 1.53. The Bertz CT molecular complexity index is 502. The molecule has 2 atom stereocenters. The Morgan fingerprint density at radius 1 is 1.40 bits per heavy atom. The summed E-state index contributed by atoms with van der Waals surface area (Å²) in [5.41, 5.74) is 0.864. The first-order chi connectivity index (χ1) is 9.51. The van der Waals surface area contributed by atoms with Crippen LogP contribution in [0.4, 0.5) is 0 Å². The number of carboxylic acid groups (broad SMARTS) is 1. The lowest BCUT2D eigenvalue weighted by atomic mass is 10.1. The van der Waals surface area contributed by atoms with Crippen molar-refractivity contribution < 1.29 is 19.4 Å². The van der Waals surface area contributed by atoms with Crippen LogP contribution in [0.25, 0.3) is 0 Å².